The Bertz CT molecular complexity index is 555. The predicted molar refractivity (Wildman–Crippen MR) is 77.4 cm³/mol. The molecule has 3 nitrogen and oxygen atoms in total. The van der Waals surface area contributed by atoms with Crippen molar-refractivity contribution in [2.75, 3.05) is 0 Å². The molecule has 1 aromatic heterocycles. The number of rotatable bonds is 4. The smallest absolute Gasteiger partial charge is 0.258 e. The molecule has 0 saturated carbocycles. The number of nitro benzene ring substituents is 1. The van der Waals surface area contributed by atoms with Gasteiger partial charge in [0.05, 0.1) is 14.1 Å². The van der Waals surface area contributed by atoms with Crippen molar-refractivity contribution in [1.82, 2.24) is 0 Å². The molecule has 0 bridgehead atoms. The van der Waals surface area contributed by atoms with Crippen LogP contribution in [0.15, 0.2) is 39.5 Å². The Morgan fingerprint density at radius 3 is 2.56 bits per heavy atom. The lowest BCUT2D eigenvalue weighted by atomic mass is 10.1. The van der Waals surface area contributed by atoms with Crippen molar-refractivity contribution >= 4 is 44.6 Å². The topological polar surface area (TPSA) is 43.1 Å². The molecule has 2 aromatic rings. The third-order valence-electron chi connectivity index (χ3n) is 2.51. The third-order valence-corrected chi connectivity index (χ3v) is 4.44. The molecule has 0 amide bonds. The van der Waals surface area contributed by atoms with Gasteiger partial charge in [0.2, 0.25) is 0 Å². The van der Waals surface area contributed by atoms with Crippen LogP contribution in [0.1, 0.15) is 16.5 Å². The van der Waals surface area contributed by atoms with Gasteiger partial charge in [-0.3, -0.25) is 10.1 Å². The predicted octanol–water partition coefficient (Wildman–Crippen LogP) is 4.94. The Kier molecular flexibility index (Phi) is 4.37. The van der Waals surface area contributed by atoms with E-state index >= 15 is 0 Å². The van der Waals surface area contributed by atoms with Gasteiger partial charge in [-0.1, -0.05) is 12.1 Å². The lowest BCUT2D eigenvalue weighted by molar-refractivity contribution is -0.384. The molecule has 0 aliphatic carbocycles. The van der Waals surface area contributed by atoms with Crippen LogP contribution in [0.3, 0.4) is 0 Å². The van der Waals surface area contributed by atoms with Gasteiger partial charge in [0.25, 0.3) is 5.69 Å². The number of non-ortho nitro benzene ring substituents is 1. The molecule has 2 rings (SSSR count). The lowest BCUT2D eigenvalue weighted by Crippen LogP contribution is -1.95. The molecule has 0 aliphatic rings. The first-order chi connectivity index (χ1) is 8.56. The Hall–Kier alpha value is -0.910. The van der Waals surface area contributed by atoms with E-state index in [9.17, 15) is 10.1 Å². The van der Waals surface area contributed by atoms with Gasteiger partial charge >= 0.3 is 0 Å². The van der Waals surface area contributed by atoms with Crippen molar-refractivity contribution in [1.29, 1.82) is 0 Å². The van der Waals surface area contributed by atoms with E-state index in [0.717, 1.165) is 14.9 Å². The zero-order chi connectivity index (χ0) is 13.1. The highest BCUT2D eigenvalue weighted by Crippen LogP contribution is 2.31. The summed E-state index contributed by atoms with van der Waals surface area (Å²) in [7, 11) is 0. The summed E-state index contributed by atoms with van der Waals surface area (Å²) in [4.78, 5) is 10.1. The maximum absolute atomic E-state index is 10.5. The minimum Gasteiger partial charge on any atom is -0.258 e. The quantitative estimate of drug-likeness (QED) is 0.447. The zero-order valence-corrected chi connectivity index (χ0v) is 12.3. The van der Waals surface area contributed by atoms with E-state index in [-0.39, 0.29) is 11.1 Å². The van der Waals surface area contributed by atoms with Crippen molar-refractivity contribution in [3.8, 4) is 0 Å². The van der Waals surface area contributed by atoms with Gasteiger partial charge < -0.3 is 0 Å². The average molecular weight is 347 g/mol. The van der Waals surface area contributed by atoms with Crippen LogP contribution in [0.25, 0.3) is 0 Å². The molecule has 1 atom stereocenters. The number of nitro groups is 1. The normalized spacial score (nSPS) is 12.3. The average Bonchev–Trinajstić information content (AvgIpc) is 2.76. The number of thiophene rings is 1. The number of alkyl halides is 1. The second-order valence-corrected chi connectivity index (χ2v) is 6.60. The summed E-state index contributed by atoms with van der Waals surface area (Å²) in [5.74, 6) is 0. The van der Waals surface area contributed by atoms with Gasteiger partial charge in [0.15, 0.2) is 0 Å². The van der Waals surface area contributed by atoms with E-state index < -0.39 is 4.92 Å². The summed E-state index contributed by atoms with van der Waals surface area (Å²) < 4.78 is 1.05. The van der Waals surface area contributed by atoms with Crippen molar-refractivity contribution in [3.05, 3.63) is 60.7 Å². The van der Waals surface area contributed by atoms with Gasteiger partial charge in [-0.2, -0.15) is 0 Å². The zero-order valence-electron chi connectivity index (χ0n) is 9.18. The molecule has 6 heteroatoms. The molecule has 0 fully saturated rings. The molecule has 0 radical (unpaired) electrons. The molecule has 0 saturated heterocycles. The maximum Gasteiger partial charge on any atom is 0.269 e. The lowest BCUT2D eigenvalue weighted by Gasteiger charge is -2.07. The number of benzene rings is 1. The van der Waals surface area contributed by atoms with E-state index in [4.69, 9.17) is 11.6 Å². The van der Waals surface area contributed by atoms with Crippen LogP contribution in [-0.2, 0) is 6.42 Å². The van der Waals surface area contributed by atoms with E-state index in [1.807, 2.05) is 11.4 Å². The molecule has 18 heavy (non-hydrogen) atoms. The molecule has 0 aliphatic heterocycles. The van der Waals surface area contributed by atoms with Gasteiger partial charge in [0.1, 0.15) is 0 Å². The van der Waals surface area contributed by atoms with Crippen LogP contribution in [0, 0.1) is 10.1 Å². The van der Waals surface area contributed by atoms with Crippen molar-refractivity contribution < 1.29 is 4.92 Å². The highest BCUT2D eigenvalue weighted by atomic mass is 79.9. The van der Waals surface area contributed by atoms with Crippen LogP contribution < -0.4 is 0 Å². The molecule has 0 spiro atoms. The summed E-state index contributed by atoms with van der Waals surface area (Å²) in [5, 5.41) is 12.4. The number of nitrogens with zero attached hydrogens (tertiary/aromatic N) is 1. The van der Waals surface area contributed by atoms with Crippen LogP contribution in [0.4, 0.5) is 5.69 Å². The Labute approximate surface area is 122 Å². The monoisotopic (exact) mass is 345 g/mol. The van der Waals surface area contributed by atoms with E-state index in [2.05, 4.69) is 15.9 Å². The molecular weight excluding hydrogens is 338 g/mol. The molecule has 1 aromatic carbocycles. The Morgan fingerprint density at radius 2 is 2.06 bits per heavy atom. The van der Waals surface area contributed by atoms with Gasteiger partial charge in [0, 0.05) is 12.1 Å². The van der Waals surface area contributed by atoms with Gasteiger partial charge in [-0.25, -0.2) is 0 Å². The number of hydrogen-bond acceptors (Lipinski definition) is 3. The molecule has 1 heterocycles. The molecule has 1 unspecified atom stereocenters. The second kappa shape index (κ2) is 5.82. The van der Waals surface area contributed by atoms with Crippen LogP contribution in [0.2, 0.25) is 0 Å². The second-order valence-electron chi connectivity index (χ2n) is 3.78. The van der Waals surface area contributed by atoms with Crippen LogP contribution in [-0.4, -0.2) is 4.92 Å². The summed E-state index contributed by atoms with van der Waals surface area (Å²) in [6.45, 7) is 0. The van der Waals surface area contributed by atoms with Gasteiger partial charge in [-0.15, -0.1) is 22.9 Å². The summed E-state index contributed by atoms with van der Waals surface area (Å²) in [6.07, 6.45) is 0.655. The first-order valence-electron chi connectivity index (χ1n) is 5.17. The molecule has 0 N–H and O–H groups in total. The first-order valence-corrected chi connectivity index (χ1v) is 7.28. The largest absolute Gasteiger partial charge is 0.269 e. The van der Waals surface area contributed by atoms with Crippen molar-refractivity contribution in [2.24, 2.45) is 0 Å². The standard InChI is InChI=1S/C12H9BrClNO2S/c13-12-6-9(7-18-12)11(14)5-8-1-3-10(4-2-8)15(16)17/h1-4,6-7,11H,5H2. The molecule has 94 valence electrons. The minimum absolute atomic E-state index is 0.100. The fourth-order valence-electron chi connectivity index (χ4n) is 1.57. The van der Waals surface area contributed by atoms with Crippen LogP contribution in [0.5, 0.6) is 0 Å². The highest BCUT2D eigenvalue weighted by molar-refractivity contribution is 9.11. The Morgan fingerprint density at radius 1 is 1.39 bits per heavy atom. The van der Waals surface area contributed by atoms with Crippen LogP contribution >= 0.6 is 38.9 Å². The van der Waals surface area contributed by atoms with E-state index in [1.165, 1.54) is 12.1 Å². The van der Waals surface area contributed by atoms with E-state index in [0.29, 0.717) is 6.42 Å². The number of halogens is 2. The number of hydrogen-bond donors (Lipinski definition) is 0. The summed E-state index contributed by atoms with van der Waals surface area (Å²) in [5.41, 5.74) is 2.15. The highest BCUT2D eigenvalue weighted by Gasteiger charge is 2.12. The van der Waals surface area contributed by atoms with Crippen molar-refractivity contribution in [3.63, 3.8) is 0 Å². The Balaban J connectivity index is 2.07. The fourth-order valence-corrected chi connectivity index (χ4v) is 3.17. The summed E-state index contributed by atoms with van der Waals surface area (Å²) >= 11 is 11.3. The van der Waals surface area contributed by atoms with Crippen molar-refractivity contribution in [2.45, 2.75) is 11.8 Å². The van der Waals surface area contributed by atoms with Gasteiger partial charge in [-0.05, 0) is 44.9 Å². The first kappa shape index (κ1) is 13.5. The SMILES string of the molecule is O=[N+]([O-])c1ccc(CC(Cl)c2csc(Br)c2)cc1. The summed E-state index contributed by atoms with van der Waals surface area (Å²) in [6, 6.07) is 8.49. The maximum atomic E-state index is 10.5. The van der Waals surface area contributed by atoms with E-state index in [1.54, 1.807) is 23.5 Å². The molecular formula is C12H9BrClNO2S. The fraction of sp³-hybridized carbons (Fsp3) is 0.167. The third kappa shape index (κ3) is 3.31. The minimum atomic E-state index is -0.405.